The molecule has 70 heavy (non-hydrogen) atoms. The molecule has 0 N–H and O–H groups in total. The van der Waals surface area contributed by atoms with Crippen LogP contribution in [0.3, 0.4) is 0 Å². The van der Waals surface area contributed by atoms with E-state index in [1.54, 1.807) is 54.6 Å². The topological polar surface area (TPSA) is 81.2 Å². The Balaban J connectivity index is 1.21. The van der Waals surface area contributed by atoms with Crippen molar-refractivity contribution in [3.05, 3.63) is 216 Å². The highest BCUT2D eigenvalue weighted by Gasteiger charge is 2.38. The smallest absolute Gasteiger partial charge is 0.309 e. The Morgan fingerprint density at radius 3 is 1.24 bits per heavy atom. The molecule has 0 saturated heterocycles. The van der Waals surface area contributed by atoms with Crippen molar-refractivity contribution in [2.24, 2.45) is 0 Å². The van der Waals surface area contributed by atoms with Gasteiger partial charge in [-0.15, -0.1) is 0 Å². The van der Waals surface area contributed by atoms with Gasteiger partial charge >= 0.3 is 12.4 Å². The Labute approximate surface area is 395 Å². The second-order valence-electron chi connectivity index (χ2n) is 16.9. The molecule has 0 fully saturated rings. The Hall–Kier alpha value is -9.37. The van der Waals surface area contributed by atoms with Crippen LogP contribution in [-0.2, 0) is 12.4 Å². The molecule has 334 valence electrons. The van der Waals surface area contributed by atoms with E-state index in [1.807, 2.05) is 108 Å². The highest BCUT2D eigenvalue weighted by molar-refractivity contribution is 6.13. The standard InChI is InChI=1S/C59H31F6N5/c60-58(61,62)43-21-22-44(51(31-43)59(63,64)65)42-20-26-57(70-53-8-4-2-6-46(53)49-29-41(19-25-56(49)70)39-16-11-36(33-67)12-17-39)50(30-42)47-27-37(34-68)13-23-54(47)69-52-7-3-1-5-45(52)48-28-40(18-24-55(48)69)38-14-9-35(32-66)10-15-38/h1-31H. The maximum atomic E-state index is 14.9. The summed E-state index contributed by atoms with van der Waals surface area (Å²) < 4.78 is 90.9. The highest BCUT2D eigenvalue weighted by atomic mass is 19.4. The summed E-state index contributed by atoms with van der Waals surface area (Å²) in [5, 5.41) is 32.9. The van der Waals surface area contributed by atoms with Crippen molar-refractivity contribution >= 4 is 43.6 Å². The second-order valence-corrected chi connectivity index (χ2v) is 16.9. The molecular weight excluding hydrogens is 893 g/mol. The third-order valence-corrected chi connectivity index (χ3v) is 12.9. The average Bonchev–Trinajstić information content (AvgIpc) is 3.89. The number of benzene rings is 9. The molecule has 0 amide bonds. The minimum absolute atomic E-state index is 0.00580. The maximum absolute atomic E-state index is 14.9. The first-order chi connectivity index (χ1) is 33.8. The van der Waals surface area contributed by atoms with Crippen LogP contribution < -0.4 is 0 Å². The van der Waals surface area contributed by atoms with Crippen LogP contribution >= 0.6 is 0 Å². The van der Waals surface area contributed by atoms with Gasteiger partial charge in [0.25, 0.3) is 0 Å². The molecule has 0 bridgehead atoms. The van der Waals surface area contributed by atoms with Crippen molar-refractivity contribution in [1.82, 2.24) is 9.13 Å². The van der Waals surface area contributed by atoms with Gasteiger partial charge in [0.05, 0.1) is 79.5 Å². The van der Waals surface area contributed by atoms with Crippen molar-refractivity contribution in [2.75, 3.05) is 0 Å². The van der Waals surface area contributed by atoms with Crippen LogP contribution in [0.25, 0.3) is 99.5 Å². The monoisotopic (exact) mass is 923 g/mol. The molecule has 5 nitrogen and oxygen atoms in total. The molecule has 0 saturated carbocycles. The van der Waals surface area contributed by atoms with Crippen molar-refractivity contribution in [2.45, 2.75) is 12.4 Å². The van der Waals surface area contributed by atoms with Gasteiger partial charge in [0.2, 0.25) is 0 Å². The fraction of sp³-hybridized carbons (Fsp3) is 0.0339. The molecule has 0 aliphatic rings. The van der Waals surface area contributed by atoms with E-state index in [0.29, 0.717) is 39.7 Å². The summed E-state index contributed by atoms with van der Waals surface area (Å²) in [5.41, 5.74) is 6.65. The summed E-state index contributed by atoms with van der Waals surface area (Å²) in [6.07, 6.45) is -10.2. The van der Waals surface area contributed by atoms with Crippen LogP contribution in [0.1, 0.15) is 27.8 Å². The number of aromatic nitrogens is 2. The molecule has 2 aromatic heterocycles. The minimum Gasteiger partial charge on any atom is -0.309 e. The highest BCUT2D eigenvalue weighted by Crippen LogP contribution is 2.46. The molecule has 0 aliphatic heterocycles. The Bertz CT molecular complexity index is 4060. The second kappa shape index (κ2) is 16.4. The van der Waals surface area contributed by atoms with E-state index < -0.39 is 29.0 Å². The lowest BCUT2D eigenvalue weighted by Gasteiger charge is -2.21. The molecule has 0 radical (unpaired) electrons. The predicted molar refractivity (Wildman–Crippen MR) is 261 cm³/mol. The van der Waals surface area contributed by atoms with Crippen molar-refractivity contribution in [3.63, 3.8) is 0 Å². The van der Waals surface area contributed by atoms with Gasteiger partial charge in [0.1, 0.15) is 0 Å². The number of halogens is 6. The molecule has 11 aromatic rings. The third-order valence-electron chi connectivity index (χ3n) is 12.9. The minimum atomic E-state index is -5.15. The van der Waals surface area contributed by atoms with E-state index in [2.05, 4.69) is 28.8 Å². The largest absolute Gasteiger partial charge is 0.417 e. The normalized spacial score (nSPS) is 11.8. The van der Waals surface area contributed by atoms with Gasteiger partial charge in [-0.25, -0.2) is 0 Å². The van der Waals surface area contributed by atoms with E-state index in [4.69, 9.17) is 0 Å². The molecule has 11 heteroatoms. The van der Waals surface area contributed by atoms with Gasteiger partial charge in [-0.2, -0.15) is 42.1 Å². The molecule has 11 rings (SSSR count). The fourth-order valence-electron chi connectivity index (χ4n) is 9.64. The lowest BCUT2D eigenvalue weighted by atomic mass is 9.92. The van der Waals surface area contributed by atoms with Crippen molar-refractivity contribution in [3.8, 4) is 74.1 Å². The first-order valence-electron chi connectivity index (χ1n) is 21.9. The maximum Gasteiger partial charge on any atom is 0.417 e. The Morgan fingerprint density at radius 2 is 0.757 bits per heavy atom. The zero-order valence-corrected chi connectivity index (χ0v) is 36.4. The lowest BCUT2D eigenvalue weighted by molar-refractivity contribution is -0.142. The van der Waals surface area contributed by atoms with Crippen LogP contribution in [0, 0.1) is 34.0 Å². The van der Waals surface area contributed by atoms with E-state index in [9.17, 15) is 42.1 Å². The molecule has 2 heterocycles. The number of nitriles is 3. The van der Waals surface area contributed by atoms with E-state index in [1.165, 1.54) is 6.07 Å². The Morgan fingerprint density at radius 1 is 0.329 bits per heavy atom. The number of rotatable bonds is 6. The summed E-state index contributed by atoms with van der Waals surface area (Å²) >= 11 is 0. The molecule has 0 aliphatic carbocycles. The summed E-state index contributed by atoms with van der Waals surface area (Å²) in [6.45, 7) is 0. The van der Waals surface area contributed by atoms with Gasteiger partial charge in [0.15, 0.2) is 0 Å². The quantitative estimate of drug-likeness (QED) is 0.156. The van der Waals surface area contributed by atoms with Crippen LogP contribution in [0.4, 0.5) is 26.3 Å². The number of hydrogen-bond acceptors (Lipinski definition) is 3. The lowest BCUT2D eigenvalue weighted by Crippen LogP contribution is -2.12. The van der Waals surface area contributed by atoms with Crippen molar-refractivity contribution < 1.29 is 26.3 Å². The van der Waals surface area contributed by atoms with Crippen LogP contribution in [0.15, 0.2) is 188 Å². The van der Waals surface area contributed by atoms with Gasteiger partial charge < -0.3 is 9.13 Å². The van der Waals surface area contributed by atoms with Crippen LogP contribution in [0.2, 0.25) is 0 Å². The molecule has 0 unspecified atom stereocenters. The fourth-order valence-corrected chi connectivity index (χ4v) is 9.64. The molecule has 0 atom stereocenters. The number of alkyl halides is 6. The summed E-state index contributed by atoms with van der Waals surface area (Å²) in [4.78, 5) is 0. The van der Waals surface area contributed by atoms with Crippen LogP contribution in [0.5, 0.6) is 0 Å². The SMILES string of the molecule is N#Cc1ccc(-c2ccc3c(c2)c2ccccc2n3-c2ccc(C#N)cc2-c2cc(-c3ccc(C(F)(F)F)cc3C(F)(F)F)ccc2-n2c3ccccc3c3cc(-c4ccc(C#N)cc4)ccc32)cc1. The van der Waals surface area contributed by atoms with E-state index in [0.717, 1.165) is 71.9 Å². The predicted octanol–water partition coefficient (Wildman–Crippen LogP) is 16.2. The number of nitrogens with zero attached hydrogens (tertiary/aromatic N) is 5. The first-order valence-corrected chi connectivity index (χ1v) is 21.9. The molecule has 0 spiro atoms. The summed E-state index contributed by atoms with van der Waals surface area (Å²) in [6, 6.07) is 60.2. The third kappa shape index (κ3) is 7.27. The van der Waals surface area contributed by atoms with E-state index in [-0.39, 0.29) is 17.2 Å². The average molecular weight is 924 g/mol. The number of hydrogen-bond donors (Lipinski definition) is 0. The van der Waals surface area contributed by atoms with Gasteiger partial charge in [-0.3, -0.25) is 0 Å². The van der Waals surface area contributed by atoms with Gasteiger partial charge in [0, 0.05) is 32.7 Å². The van der Waals surface area contributed by atoms with E-state index >= 15 is 0 Å². The Kier molecular flexibility index (Phi) is 10.2. The summed E-state index contributed by atoms with van der Waals surface area (Å²) in [7, 11) is 0. The molecule has 9 aromatic carbocycles. The summed E-state index contributed by atoms with van der Waals surface area (Å²) in [5.74, 6) is 0. The number of fused-ring (bicyclic) bond motifs is 6. The van der Waals surface area contributed by atoms with Gasteiger partial charge in [-0.05, 0) is 137 Å². The zero-order chi connectivity index (χ0) is 48.5. The first kappa shape index (κ1) is 43.2. The van der Waals surface area contributed by atoms with Crippen molar-refractivity contribution in [1.29, 1.82) is 15.8 Å². The van der Waals surface area contributed by atoms with Crippen LogP contribution in [-0.4, -0.2) is 9.13 Å². The zero-order valence-electron chi connectivity index (χ0n) is 36.4. The molecular formula is C59H31F6N5. The number of para-hydroxylation sites is 2. The van der Waals surface area contributed by atoms with Gasteiger partial charge in [-0.1, -0.05) is 84.9 Å².